The van der Waals surface area contributed by atoms with Gasteiger partial charge in [0.05, 0.1) is 6.67 Å². The van der Waals surface area contributed by atoms with E-state index in [0.29, 0.717) is 11.7 Å². The summed E-state index contributed by atoms with van der Waals surface area (Å²) in [5.41, 5.74) is 5.14. The van der Waals surface area contributed by atoms with Gasteiger partial charge >= 0.3 is 0 Å². The summed E-state index contributed by atoms with van der Waals surface area (Å²) in [5, 5.41) is 0. The van der Waals surface area contributed by atoms with Crippen LogP contribution in [0.1, 0.15) is 13.8 Å². The van der Waals surface area contributed by atoms with Gasteiger partial charge in [0.25, 0.3) is 0 Å². The smallest absolute Gasteiger partial charge is 0.126 e. The quantitative estimate of drug-likeness (QED) is 0.417. The van der Waals surface area contributed by atoms with E-state index in [0.717, 1.165) is 0 Å². The largest absolute Gasteiger partial charge is 0.312 e. The van der Waals surface area contributed by atoms with E-state index in [9.17, 15) is 0 Å². The van der Waals surface area contributed by atoms with E-state index in [1.807, 2.05) is 0 Å². The zero-order valence-corrected chi connectivity index (χ0v) is 6.33. The van der Waals surface area contributed by atoms with Gasteiger partial charge < -0.3 is 5.73 Å². The molecule has 0 bridgehead atoms. The molecule has 0 aromatic carbocycles. The first-order valence-electron chi connectivity index (χ1n) is 2.94. The molecule has 56 valence electrons. The van der Waals surface area contributed by atoms with Gasteiger partial charge in [-0.3, -0.25) is 4.99 Å². The van der Waals surface area contributed by atoms with Crippen molar-refractivity contribution in [1.82, 2.24) is 0 Å². The van der Waals surface area contributed by atoms with Crippen LogP contribution in [0.5, 0.6) is 0 Å². The predicted octanol–water partition coefficient (Wildman–Crippen LogP) is 0.440. The summed E-state index contributed by atoms with van der Waals surface area (Å²) in [7, 11) is 0. The summed E-state index contributed by atoms with van der Waals surface area (Å²) in [6.07, 6.45) is 0. The third-order valence-corrected chi connectivity index (χ3v) is 0.873. The minimum Gasteiger partial charge on any atom is -0.312 e. The third kappa shape index (κ3) is 3.91. The van der Waals surface area contributed by atoms with E-state index in [1.165, 1.54) is 0 Å². The maximum Gasteiger partial charge on any atom is 0.126 e. The Kier molecular flexibility index (Phi) is 4.32. The molecule has 4 nitrogen and oxygen atoms in total. The van der Waals surface area contributed by atoms with E-state index in [-0.39, 0.29) is 6.67 Å². The van der Waals surface area contributed by atoms with Crippen LogP contribution in [0, 0.1) is 0 Å². The van der Waals surface area contributed by atoms with Crippen LogP contribution in [0.3, 0.4) is 0 Å². The number of amidine groups is 2. The Labute approximate surface area is 60.6 Å². The van der Waals surface area contributed by atoms with Gasteiger partial charge in [0.1, 0.15) is 11.7 Å². The Morgan fingerprint density at radius 2 is 2.00 bits per heavy atom. The highest BCUT2D eigenvalue weighted by Crippen LogP contribution is 1.82. The lowest BCUT2D eigenvalue weighted by Gasteiger charge is -1.90. The third-order valence-electron chi connectivity index (χ3n) is 0.873. The SMILES string of the molecule is C=NC(C)=N/C(C)=N\CN. The van der Waals surface area contributed by atoms with Crippen LogP contribution in [0.2, 0.25) is 0 Å². The molecule has 0 aromatic rings. The highest BCUT2D eigenvalue weighted by Gasteiger charge is 1.85. The second-order valence-electron chi connectivity index (χ2n) is 1.71. The molecule has 0 saturated heterocycles. The van der Waals surface area contributed by atoms with Crippen molar-refractivity contribution in [3.05, 3.63) is 0 Å². The Balaban J connectivity index is 4.11. The Morgan fingerprint density at radius 3 is 2.40 bits per heavy atom. The van der Waals surface area contributed by atoms with Crippen molar-refractivity contribution in [3.63, 3.8) is 0 Å². The first-order valence-corrected chi connectivity index (χ1v) is 2.94. The lowest BCUT2D eigenvalue weighted by molar-refractivity contribution is 1.06. The first kappa shape index (κ1) is 8.97. The number of aliphatic imine (C=N–C) groups is 3. The van der Waals surface area contributed by atoms with Crippen LogP contribution < -0.4 is 5.73 Å². The minimum absolute atomic E-state index is 0.264. The summed E-state index contributed by atoms with van der Waals surface area (Å²) < 4.78 is 0. The Bertz CT molecular complexity index is 169. The van der Waals surface area contributed by atoms with Gasteiger partial charge in [0, 0.05) is 0 Å². The second-order valence-corrected chi connectivity index (χ2v) is 1.71. The molecule has 10 heavy (non-hydrogen) atoms. The summed E-state index contributed by atoms with van der Waals surface area (Å²) in [6, 6.07) is 0. The molecule has 4 heteroatoms. The molecule has 0 radical (unpaired) electrons. The fourth-order valence-electron chi connectivity index (χ4n) is 0.437. The topological polar surface area (TPSA) is 63.1 Å². The zero-order chi connectivity index (χ0) is 7.98. The maximum atomic E-state index is 5.14. The molecular formula is C6H12N4. The van der Waals surface area contributed by atoms with Crippen molar-refractivity contribution in [1.29, 1.82) is 0 Å². The average Bonchev–Trinajstić information content (AvgIpc) is 1.88. The van der Waals surface area contributed by atoms with Crippen LogP contribution in [-0.4, -0.2) is 25.1 Å². The van der Waals surface area contributed by atoms with Crippen LogP contribution in [0.25, 0.3) is 0 Å². The highest BCUT2D eigenvalue weighted by atomic mass is 15.0. The van der Waals surface area contributed by atoms with Gasteiger partial charge in [0.2, 0.25) is 0 Å². The molecule has 0 unspecified atom stereocenters. The van der Waals surface area contributed by atoms with E-state index < -0.39 is 0 Å². The monoisotopic (exact) mass is 140 g/mol. The van der Waals surface area contributed by atoms with Gasteiger partial charge in [-0.25, -0.2) is 9.98 Å². The molecule has 0 fully saturated rings. The fourth-order valence-corrected chi connectivity index (χ4v) is 0.437. The van der Waals surface area contributed by atoms with Gasteiger partial charge in [-0.1, -0.05) is 0 Å². The molecule has 0 amide bonds. The Morgan fingerprint density at radius 1 is 1.40 bits per heavy atom. The minimum atomic E-state index is 0.264. The highest BCUT2D eigenvalue weighted by molar-refractivity contribution is 5.96. The van der Waals surface area contributed by atoms with E-state index in [2.05, 4.69) is 21.7 Å². The first-order chi connectivity index (χ1) is 4.70. The van der Waals surface area contributed by atoms with Crippen molar-refractivity contribution in [2.75, 3.05) is 6.67 Å². The molecule has 0 spiro atoms. The lowest BCUT2D eigenvalue weighted by Crippen LogP contribution is -1.99. The van der Waals surface area contributed by atoms with Gasteiger partial charge in [-0.05, 0) is 20.6 Å². The van der Waals surface area contributed by atoms with Crippen molar-refractivity contribution in [3.8, 4) is 0 Å². The summed E-state index contributed by atoms with van der Waals surface area (Å²) in [4.78, 5) is 11.4. The summed E-state index contributed by atoms with van der Waals surface area (Å²) in [5.74, 6) is 1.24. The number of hydrogen-bond acceptors (Lipinski definition) is 2. The molecule has 0 rings (SSSR count). The van der Waals surface area contributed by atoms with Crippen molar-refractivity contribution < 1.29 is 0 Å². The average molecular weight is 140 g/mol. The molecule has 0 atom stereocenters. The van der Waals surface area contributed by atoms with Crippen LogP contribution in [0.15, 0.2) is 15.0 Å². The fraction of sp³-hybridized carbons (Fsp3) is 0.500. The molecule has 2 N–H and O–H groups in total. The van der Waals surface area contributed by atoms with E-state index in [4.69, 9.17) is 5.73 Å². The zero-order valence-electron chi connectivity index (χ0n) is 6.33. The number of rotatable bonds is 1. The van der Waals surface area contributed by atoms with Crippen LogP contribution >= 0.6 is 0 Å². The molecule has 0 aliphatic rings. The molecule has 0 aliphatic carbocycles. The predicted molar refractivity (Wildman–Crippen MR) is 44.8 cm³/mol. The molecule has 0 aromatic heterocycles. The van der Waals surface area contributed by atoms with Gasteiger partial charge in [-0.2, -0.15) is 0 Å². The second kappa shape index (κ2) is 4.81. The number of nitrogens with two attached hydrogens (primary N) is 1. The number of hydrogen-bond donors (Lipinski definition) is 1. The van der Waals surface area contributed by atoms with Crippen molar-refractivity contribution >= 4 is 18.4 Å². The van der Waals surface area contributed by atoms with Crippen LogP contribution in [-0.2, 0) is 0 Å². The summed E-state index contributed by atoms with van der Waals surface area (Å²) in [6.45, 7) is 7.09. The number of nitrogens with zero attached hydrogens (tertiary/aromatic N) is 3. The molecule has 0 aliphatic heterocycles. The standard InChI is InChI=1S/C6H12N4/c1-5(8-3)10-6(2)9-4-7/h3-4,7H2,1-2H3/b9-6-,10-5?. The lowest BCUT2D eigenvalue weighted by atomic mass is 10.6. The van der Waals surface area contributed by atoms with Crippen LogP contribution in [0.4, 0.5) is 0 Å². The van der Waals surface area contributed by atoms with Gasteiger partial charge in [0.15, 0.2) is 0 Å². The maximum absolute atomic E-state index is 5.14. The van der Waals surface area contributed by atoms with Crippen molar-refractivity contribution in [2.24, 2.45) is 20.7 Å². The van der Waals surface area contributed by atoms with E-state index >= 15 is 0 Å². The molecule has 0 heterocycles. The van der Waals surface area contributed by atoms with Crippen molar-refractivity contribution in [2.45, 2.75) is 13.8 Å². The molecular weight excluding hydrogens is 128 g/mol. The normalized spacial score (nSPS) is 13.5. The Hall–Kier alpha value is -1.03. The molecule has 0 saturated carbocycles. The summed E-state index contributed by atoms with van der Waals surface area (Å²) >= 11 is 0. The van der Waals surface area contributed by atoms with Gasteiger partial charge in [-0.15, -0.1) is 0 Å². The van der Waals surface area contributed by atoms with E-state index in [1.54, 1.807) is 13.8 Å².